The first-order valence-electron chi connectivity index (χ1n) is 28.9. The highest BCUT2D eigenvalue weighted by Gasteiger charge is 2.39. The highest BCUT2D eigenvalue weighted by molar-refractivity contribution is 6.02. The van der Waals surface area contributed by atoms with Gasteiger partial charge in [-0.15, -0.1) is 0 Å². The van der Waals surface area contributed by atoms with Gasteiger partial charge < -0.3 is 19.3 Å². The van der Waals surface area contributed by atoms with Crippen LogP contribution in [-0.4, -0.2) is 5.11 Å². The van der Waals surface area contributed by atoms with Crippen LogP contribution in [0.1, 0.15) is 73.4 Å². The van der Waals surface area contributed by atoms with Crippen LogP contribution >= 0.6 is 0 Å². The van der Waals surface area contributed by atoms with Gasteiger partial charge in [-0.25, -0.2) is 0 Å². The summed E-state index contributed by atoms with van der Waals surface area (Å²) in [7, 11) is 0. The molecular weight excluding hydrogens is 1020 g/mol. The largest absolute Gasteiger partial charge is 0.508 e. The number of hydrogen-bond donors (Lipinski definition) is 1. The molecule has 0 radical (unpaired) electrons. The Kier molecular flexibility index (Phi) is 10.8. The SMILES string of the molecule is Cc1ccc2c3c(ccc2c1)Oc1ccc2c4c(ccc2c1C3c1ccc(-c2ccccc2)cc1)Oc1ccc2c3c(ccc2c1C4c1ccc(-c2ccccc2)cc1)Oc1ccc2cc(O)ccc2c1C3c1ccc(-c2ccccc2)cc1. The molecule has 84 heavy (non-hydrogen) atoms. The number of hydrogen-bond acceptors (Lipinski definition) is 4. The molecule has 0 amide bonds. The molecule has 0 bridgehead atoms. The minimum Gasteiger partial charge on any atom is -0.508 e. The minimum atomic E-state index is -0.259. The van der Waals surface area contributed by atoms with Gasteiger partial charge in [-0.2, -0.15) is 0 Å². The molecule has 0 aromatic heterocycles. The molecule has 4 heteroatoms. The van der Waals surface area contributed by atoms with Crippen LogP contribution in [0.4, 0.5) is 0 Å². The molecule has 0 saturated carbocycles. The van der Waals surface area contributed by atoms with Crippen LogP contribution in [0.15, 0.2) is 273 Å². The third kappa shape index (κ3) is 7.61. The van der Waals surface area contributed by atoms with Crippen molar-refractivity contribution in [2.75, 3.05) is 0 Å². The molecule has 3 aliphatic rings. The fraction of sp³-hybridized carbons (Fsp3) is 0.0500. The zero-order valence-electron chi connectivity index (χ0n) is 45.9. The smallest absolute Gasteiger partial charge is 0.132 e. The van der Waals surface area contributed by atoms with E-state index in [1.165, 1.54) is 49.7 Å². The predicted octanol–water partition coefficient (Wildman–Crippen LogP) is 21.2. The first kappa shape index (κ1) is 48.1. The Labute approximate surface area is 486 Å². The van der Waals surface area contributed by atoms with Crippen LogP contribution in [0.2, 0.25) is 0 Å². The zero-order chi connectivity index (χ0) is 55.6. The highest BCUT2D eigenvalue weighted by atomic mass is 16.5. The van der Waals surface area contributed by atoms with Gasteiger partial charge in [0, 0.05) is 51.1 Å². The monoisotopic (exact) mass is 1080 g/mol. The molecule has 3 aliphatic heterocycles. The number of ether oxygens (including phenoxy) is 3. The number of fused-ring (bicyclic) bond motifs is 16. The molecule has 396 valence electrons. The van der Waals surface area contributed by atoms with Crippen LogP contribution in [0.5, 0.6) is 40.2 Å². The Bertz CT molecular complexity index is 4700. The number of benzene rings is 14. The molecule has 0 fully saturated rings. The molecule has 3 unspecified atom stereocenters. The molecule has 4 nitrogen and oxygen atoms in total. The molecule has 0 aliphatic carbocycles. The second-order valence-electron chi connectivity index (χ2n) is 22.8. The molecule has 3 atom stereocenters. The summed E-state index contributed by atoms with van der Waals surface area (Å²) < 4.78 is 21.5. The van der Waals surface area contributed by atoms with Crippen molar-refractivity contribution in [3.05, 3.63) is 329 Å². The van der Waals surface area contributed by atoms with E-state index < -0.39 is 0 Å². The third-order valence-corrected chi connectivity index (χ3v) is 18.0. The average molecular weight is 1080 g/mol. The quantitative estimate of drug-likeness (QED) is 0.180. The van der Waals surface area contributed by atoms with Gasteiger partial charge >= 0.3 is 0 Å². The first-order valence-corrected chi connectivity index (χ1v) is 28.9. The lowest BCUT2D eigenvalue weighted by molar-refractivity contribution is 0.452. The van der Waals surface area contributed by atoms with E-state index in [1.807, 2.05) is 18.2 Å². The maximum Gasteiger partial charge on any atom is 0.132 e. The average Bonchev–Trinajstić information content (AvgIpc) is 1.98. The summed E-state index contributed by atoms with van der Waals surface area (Å²) >= 11 is 0. The van der Waals surface area contributed by atoms with Crippen LogP contribution in [0, 0.1) is 6.92 Å². The standard InChI is InChI=1S/C80H52O4/c1-47-17-33-60-57(45-47)30-39-66-75(60)72(54-24-18-51(19-25-54)48-11-5-2-6-12-48)77-62-35-43-70-79(64(62)37-41-68(77)82-66)74(56-28-22-53(23-29-56)50-15-9-4-10-16-50)80-65-38-42-69-78(63(65)36-44-71(80)84-70)73(55-26-20-52(21-27-55)49-13-7-3-8-14-49)76-61-34-32-59(81)46-58(61)31-40-67(76)83-69/h2-46,72-74,81H,1H3. The van der Waals surface area contributed by atoms with Crippen LogP contribution in [-0.2, 0) is 0 Å². The van der Waals surface area contributed by atoms with Gasteiger partial charge in [-0.1, -0.05) is 230 Å². The summed E-state index contributed by atoms with van der Waals surface area (Å²) in [4.78, 5) is 0. The number of phenols is 1. The maximum atomic E-state index is 10.8. The maximum absolute atomic E-state index is 10.8. The van der Waals surface area contributed by atoms with E-state index in [4.69, 9.17) is 14.2 Å². The van der Waals surface area contributed by atoms with Crippen molar-refractivity contribution in [2.45, 2.75) is 24.7 Å². The highest BCUT2D eigenvalue weighted by Crippen LogP contribution is 2.59. The van der Waals surface area contributed by atoms with Crippen molar-refractivity contribution in [1.82, 2.24) is 0 Å². The van der Waals surface area contributed by atoms with Crippen molar-refractivity contribution in [1.29, 1.82) is 0 Å². The van der Waals surface area contributed by atoms with E-state index in [0.29, 0.717) is 0 Å². The minimum absolute atomic E-state index is 0.156. The number of aromatic hydroxyl groups is 1. The van der Waals surface area contributed by atoms with Gasteiger partial charge in [0.15, 0.2) is 0 Å². The number of aryl methyl sites for hydroxylation is 1. The summed E-state index contributed by atoms with van der Waals surface area (Å²) in [6, 6.07) is 97.9. The van der Waals surface area contributed by atoms with Crippen molar-refractivity contribution in [3.63, 3.8) is 0 Å². The van der Waals surface area contributed by atoms with Crippen molar-refractivity contribution < 1.29 is 19.3 Å². The summed E-state index contributed by atoms with van der Waals surface area (Å²) in [5.74, 6) is 4.58. The Morgan fingerprint density at radius 1 is 0.250 bits per heavy atom. The number of rotatable bonds is 6. The van der Waals surface area contributed by atoms with Gasteiger partial charge in [0.05, 0.1) is 0 Å². The van der Waals surface area contributed by atoms with E-state index in [2.05, 4.69) is 256 Å². The van der Waals surface area contributed by atoms with Gasteiger partial charge in [-0.05, 0) is 149 Å². The summed E-state index contributed by atoms with van der Waals surface area (Å²) in [5, 5.41) is 19.6. The molecule has 17 rings (SSSR count). The van der Waals surface area contributed by atoms with Crippen molar-refractivity contribution in [2.24, 2.45) is 0 Å². The van der Waals surface area contributed by atoms with Gasteiger partial charge in [0.1, 0.15) is 40.2 Å². The molecule has 0 spiro atoms. The molecule has 14 aromatic rings. The van der Waals surface area contributed by atoms with Crippen molar-refractivity contribution in [3.8, 4) is 73.6 Å². The lowest BCUT2D eigenvalue weighted by Gasteiger charge is -2.35. The molecular formula is C80H52O4. The fourth-order valence-corrected chi connectivity index (χ4v) is 14.2. The number of phenolic OH excluding ortho intramolecular Hbond substituents is 1. The summed E-state index contributed by atoms with van der Waals surface area (Å²) in [6.45, 7) is 2.16. The fourth-order valence-electron chi connectivity index (χ4n) is 14.2. The second kappa shape index (κ2) is 19.0. The third-order valence-electron chi connectivity index (χ3n) is 18.0. The van der Waals surface area contributed by atoms with Gasteiger partial charge in [0.2, 0.25) is 0 Å². The summed E-state index contributed by atoms with van der Waals surface area (Å²) in [5.41, 5.74) is 18.4. The lowest BCUT2D eigenvalue weighted by Crippen LogP contribution is -2.16. The van der Waals surface area contributed by atoms with E-state index in [-0.39, 0.29) is 23.5 Å². The van der Waals surface area contributed by atoms with Crippen LogP contribution in [0.25, 0.3) is 76.5 Å². The Hall–Kier alpha value is -10.7. The first-order chi connectivity index (χ1) is 41.5. The Balaban J connectivity index is 0.901. The Morgan fingerprint density at radius 3 is 0.869 bits per heavy atom. The van der Waals surface area contributed by atoms with Gasteiger partial charge in [-0.3, -0.25) is 0 Å². The van der Waals surface area contributed by atoms with Crippen LogP contribution in [0.3, 0.4) is 0 Å². The normalized spacial score (nSPS) is 15.4. The van der Waals surface area contributed by atoms with Gasteiger partial charge in [0.25, 0.3) is 0 Å². The van der Waals surface area contributed by atoms with Crippen molar-refractivity contribution >= 4 is 43.1 Å². The van der Waals surface area contributed by atoms with Crippen LogP contribution < -0.4 is 14.2 Å². The Morgan fingerprint density at radius 2 is 0.524 bits per heavy atom. The zero-order valence-corrected chi connectivity index (χ0v) is 45.9. The molecule has 1 N–H and O–H groups in total. The van der Waals surface area contributed by atoms with E-state index in [0.717, 1.165) is 117 Å². The van der Waals surface area contributed by atoms with E-state index in [1.54, 1.807) is 6.07 Å². The lowest BCUT2D eigenvalue weighted by atomic mass is 9.74. The summed E-state index contributed by atoms with van der Waals surface area (Å²) in [6.07, 6.45) is 0. The second-order valence-corrected chi connectivity index (χ2v) is 22.8. The van der Waals surface area contributed by atoms with E-state index >= 15 is 0 Å². The predicted molar refractivity (Wildman–Crippen MR) is 341 cm³/mol. The molecule has 14 aromatic carbocycles. The topological polar surface area (TPSA) is 47.9 Å². The van der Waals surface area contributed by atoms with E-state index in [9.17, 15) is 5.11 Å². The molecule has 0 saturated heterocycles. The molecule has 3 heterocycles.